The lowest BCUT2D eigenvalue weighted by Crippen LogP contribution is -2.22. The maximum Gasteiger partial charge on any atom is -0.00204 e. The summed E-state index contributed by atoms with van der Waals surface area (Å²) in [4.78, 5) is 0. The van der Waals surface area contributed by atoms with Crippen LogP contribution in [0, 0.1) is 5.92 Å². The van der Waals surface area contributed by atoms with Crippen LogP contribution in [0.1, 0.15) is 56.1 Å². The second-order valence-corrected chi connectivity index (χ2v) is 5.58. The molecule has 1 nitrogen and oxygen atoms in total. The Balaban J connectivity index is 2.18. The van der Waals surface area contributed by atoms with Crippen LogP contribution in [0.15, 0.2) is 24.3 Å². The standard InChI is InChI=1S/C16H25N/c1-12(11-17-3)13(2)15-9-4-5-10-16(15)14-7-6-8-14/h4-5,9-10,12-14,17H,6-8,11H2,1-3H3. The van der Waals surface area contributed by atoms with E-state index in [4.69, 9.17) is 0 Å². The van der Waals surface area contributed by atoms with Crippen molar-refractivity contribution in [3.63, 3.8) is 0 Å². The van der Waals surface area contributed by atoms with Crippen LogP contribution in [0.25, 0.3) is 0 Å². The lowest BCUT2D eigenvalue weighted by Gasteiger charge is -2.31. The van der Waals surface area contributed by atoms with E-state index in [1.165, 1.54) is 19.3 Å². The first-order chi connectivity index (χ1) is 8.24. The summed E-state index contributed by atoms with van der Waals surface area (Å²) in [5.74, 6) is 2.19. The van der Waals surface area contributed by atoms with Gasteiger partial charge in [0.1, 0.15) is 0 Å². The van der Waals surface area contributed by atoms with Gasteiger partial charge in [0, 0.05) is 0 Å². The van der Waals surface area contributed by atoms with Crippen molar-refractivity contribution in [3.8, 4) is 0 Å². The molecule has 2 rings (SSSR count). The van der Waals surface area contributed by atoms with Crippen molar-refractivity contribution in [3.05, 3.63) is 35.4 Å². The average Bonchev–Trinajstić information content (AvgIpc) is 2.27. The summed E-state index contributed by atoms with van der Waals surface area (Å²) in [6.07, 6.45) is 4.20. The number of benzene rings is 1. The van der Waals surface area contributed by atoms with E-state index in [0.29, 0.717) is 11.8 Å². The van der Waals surface area contributed by atoms with E-state index < -0.39 is 0 Å². The number of nitrogens with one attached hydrogen (secondary N) is 1. The number of rotatable bonds is 5. The fraction of sp³-hybridized carbons (Fsp3) is 0.625. The van der Waals surface area contributed by atoms with E-state index in [2.05, 4.69) is 43.4 Å². The summed E-state index contributed by atoms with van der Waals surface area (Å²) in [5, 5.41) is 3.29. The molecule has 1 aliphatic carbocycles. The molecule has 94 valence electrons. The van der Waals surface area contributed by atoms with Gasteiger partial charge in [-0.2, -0.15) is 0 Å². The second-order valence-electron chi connectivity index (χ2n) is 5.58. The van der Waals surface area contributed by atoms with Gasteiger partial charge in [0.15, 0.2) is 0 Å². The normalized spacial score (nSPS) is 19.7. The first kappa shape index (κ1) is 12.6. The molecule has 0 aliphatic heterocycles. The van der Waals surface area contributed by atoms with Crippen LogP contribution >= 0.6 is 0 Å². The smallest absolute Gasteiger partial charge is 0.00204 e. The minimum atomic E-state index is 0.652. The third kappa shape index (κ3) is 2.71. The Labute approximate surface area is 106 Å². The summed E-state index contributed by atoms with van der Waals surface area (Å²) < 4.78 is 0. The van der Waals surface area contributed by atoms with Crippen molar-refractivity contribution in [2.75, 3.05) is 13.6 Å². The molecule has 1 aromatic rings. The van der Waals surface area contributed by atoms with Gasteiger partial charge in [0.2, 0.25) is 0 Å². The van der Waals surface area contributed by atoms with Crippen LogP contribution in [0.3, 0.4) is 0 Å². The van der Waals surface area contributed by atoms with Crippen molar-refractivity contribution in [1.82, 2.24) is 5.32 Å². The molecular weight excluding hydrogens is 206 g/mol. The molecule has 0 spiro atoms. The lowest BCUT2D eigenvalue weighted by molar-refractivity contribution is 0.406. The van der Waals surface area contributed by atoms with E-state index in [1.54, 1.807) is 11.1 Å². The van der Waals surface area contributed by atoms with E-state index in [-0.39, 0.29) is 0 Å². The quantitative estimate of drug-likeness (QED) is 0.810. The Bertz CT molecular complexity index is 354. The number of hydrogen-bond acceptors (Lipinski definition) is 1. The van der Waals surface area contributed by atoms with Crippen molar-refractivity contribution >= 4 is 0 Å². The van der Waals surface area contributed by atoms with E-state index in [9.17, 15) is 0 Å². The minimum Gasteiger partial charge on any atom is -0.319 e. The molecule has 0 bridgehead atoms. The summed E-state index contributed by atoms with van der Waals surface area (Å²) in [6, 6.07) is 9.08. The maximum atomic E-state index is 3.29. The van der Waals surface area contributed by atoms with Crippen molar-refractivity contribution in [2.45, 2.75) is 44.9 Å². The van der Waals surface area contributed by atoms with Crippen LogP contribution in [0.2, 0.25) is 0 Å². The first-order valence-electron chi connectivity index (χ1n) is 6.97. The van der Waals surface area contributed by atoms with Gasteiger partial charge in [-0.25, -0.2) is 0 Å². The zero-order valence-corrected chi connectivity index (χ0v) is 11.4. The predicted octanol–water partition coefficient (Wildman–Crippen LogP) is 3.91. The summed E-state index contributed by atoms with van der Waals surface area (Å²) in [6.45, 7) is 5.82. The Hall–Kier alpha value is -0.820. The highest BCUT2D eigenvalue weighted by Crippen LogP contribution is 2.40. The molecule has 17 heavy (non-hydrogen) atoms. The first-order valence-corrected chi connectivity index (χ1v) is 6.97. The highest BCUT2D eigenvalue weighted by atomic mass is 14.8. The fourth-order valence-corrected chi connectivity index (χ4v) is 2.82. The molecule has 0 radical (unpaired) electrons. The van der Waals surface area contributed by atoms with E-state index in [1.807, 2.05) is 7.05 Å². The zero-order chi connectivity index (χ0) is 12.3. The second kappa shape index (κ2) is 5.68. The molecule has 1 heteroatoms. The Morgan fingerprint density at radius 3 is 2.53 bits per heavy atom. The monoisotopic (exact) mass is 231 g/mol. The average molecular weight is 231 g/mol. The summed E-state index contributed by atoms with van der Waals surface area (Å²) >= 11 is 0. The van der Waals surface area contributed by atoms with Gasteiger partial charge >= 0.3 is 0 Å². The van der Waals surface area contributed by atoms with Gasteiger partial charge in [0.25, 0.3) is 0 Å². The van der Waals surface area contributed by atoms with Crippen LogP contribution < -0.4 is 5.32 Å². The third-order valence-corrected chi connectivity index (χ3v) is 4.41. The van der Waals surface area contributed by atoms with Crippen LogP contribution in [-0.2, 0) is 0 Å². The Morgan fingerprint density at radius 2 is 1.94 bits per heavy atom. The van der Waals surface area contributed by atoms with Gasteiger partial charge in [-0.15, -0.1) is 0 Å². The molecule has 2 atom stereocenters. The third-order valence-electron chi connectivity index (χ3n) is 4.41. The topological polar surface area (TPSA) is 12.0 Å². The molecule has 0 aromatic heterocycles. The van der Waals surface area contributed by atoms with Gasteiger partial charge in [-0.1, -0.05) is 44.5 Å². The van der Waals surface area contributed by atoms with E-state index >= 15 is 0 Å². The van der Waals surface area contributed by atoms with Crippen molar-refractivity contribution in [1.29, 1.82) is 0 Å². The van der Waals surface area contributed by atoms with Crippen LogP contribution in [0.4, 0.5) is 0 Å². The fourth-order valence-electron chi connectivity index (χ4n) is 2.82. The molecule has 0 saturated heterocycles. The highest BCUT2D eigenvalue weighted by molar-refractivity contribution is 5.34. The van der Waals surface area contributed by atoms with Gasteiger partial charge in [0.05, 0.1) is 0 Å². The maximum absolute atomic E-state index is 3.29. The molecule has 0 amide bonds. The molecule has 1 N–H and O–H groups in total. The molecule has 0 heterocycles. The molecule has 1 aliphatic rings. The molecule has 1 fully saturated rings. The summed E-state index contributed by atoms with van der Waals surface area (Å²) in [7, 11) is 2.04. The number of hydrogen-bond donors (Lipinski definition) is 1. The molecular formula is C16H25N. The largest absolute Gasteiger partial charge is 0.319 e. The Kier molecular flexibility index (Phi) is 4.22. The SMILES string of the molecule is CNCC(C)C(C)c1ccccc1C1CCC1. The van der Waals surface area contributed by atoms with Crippen molar-refractivity contribution < 1.29 is 0 Å². The van der Waals surface area contributed by atoms with Crippen LogP contribution in [-0.4, -0.2) is 13.6 Å². The highest BCUT2D eigenvalue weighted by Gasteiger charge is 2.25. The van der Waals surface area contributed by atoms with Crippen LogP contribution in [0.5, 0.6) is 0 Å². The van der Waals surface area contributed by atoms with Gasteiger partial charge in [-0.05, 0) is 55.3 Å². The molecule has 2 unspecified atom stereocenters. The molecule has 1 aromatic carbocycles. The lowest BCUT2D eigenvalue weighted by atomic mass is 9.74. The predicted molar refractivity (Wildman–Crippen MR) is 74.5 cm³/mol. The summed E-state index contributed by atoms with van der Waals surface area (Å²) in [5.41, 5.74) is 3.20. The zero-order valence-electron chi connectivity index (χ0n) is 11.4. The van der Waals surface area contributed by atoms with Gasteiger partial charge < -0.3 is 5.32 Å². The molecule has 1 saturated carbocycles. The van der Waals surface area contributed by atoms with E-state index in [0.717, 1.165) is 12.5 Å². The Morgan fingerprint density at radius 1 is 1.24 bits per heavy atom. The van der Waals surface area contributed by atoms with Gasteiger partial charge in [-0.3, -0.25) is 0 Å². The minimum absolute atomic E-state index is 0.652. The van der Waals surface area contributed by atoms with Crippen molar-refractivity contribution in [2.24, 2.45) is 5.92 Å².